The minimum Gasteiger partial charge on any atom is -0.469 e. The molecule has 0 radical (unpaired) electrons. The predicted molar refractivity (Wildman–Crippen MR) is 107 cm³/mol. The smallest absolute Gasteiger partial charge is 0.328 e. The van der Waals surface area contributed by atoms with Crippen LogP contribution in [0.25, 0.3) is 0 Å². The maximum Gasteiger partial charge on any atom is 0.328 e. The van der Waals surface area contributed by atoms with E-state index in [4.69, 9.17) is 9.47 Å². The van der Waals surface area contributed by atoms with E-state index in [1.807, 2.05) is 0 Å². The fourth-order valence-corrected chi connectivity index (χ4v) is 2.97. The maximum absolute atomic E-state index is 13.0. The molecule has 0 rings (SSSR count). The first-order valence-electron chi connectivity index (χ1n) is 9.12. The van der Waals surface area contributed by atoms with Crippen LogP contribution in [0.3, 0.4) is 0 Å². The number of carbonyl (C=O) groups is 5. The average molecular weight is 434 g/mol. The summed E-state index contributed by atoms with van der Waals surface area (Å²) in [6, 6.07) is -1.18. The lowest BCUT2D eigenvalue weighted by Gasteiger charge is -2.32. The summed E-state index contributed by atoms with van der Waals surface area (Å²) < 4.78 is 14.6. The summed E-state index contributed by atoms with van der Waals surface area (Å²) in [7, 11) is 2.36. The number of hydrogen-bond donors (Lipinski definition) is 0. The molecule has 0 saturated carbocycles. The summed E-state index contributed by atoms with van der Waals surface area (Å²) in [4.78, 5) is 61.5. The molecule has 2 atom stereocenters. The van der Waals surface area contributed by atoms with Gasteiger partial charge in [0.25, 0.3) is 0 Å². The van der Waals surface area contributed by atoms with Crippen molar-refractivity contribution in [3.63, 3.8) is 0 Å². The van der Waals surface area contributed by atoms with Crippen molar-refractivity contribution in [1.82, 2.24) is 4.90 Å². The van der Waals surface area contributed by atoms with Gasteiger partial charge in [0.1, 0.15) is 18.2 Å². The zero-order valence-corrected chi connectivity index (χ0v) is 18.9. The van der Waals surface area contributed by atoms with E-state index in [2.05, 4.69) is 4.74 Å². The van der Waals surface area contributed by atoms with Crippen molar-refractivity contribution in [2.45, 2.75) is 59.1 Å². The molecule has 166 valence electrons. The van der Waals surface area contributed by atoms with Gasteiger partial charge in [-0.1, -0.05) is 18.7 Å². The number of amides is 1. The standard InChI is InChI=1S/C19H31NO8S/c1-12(11-29-13(2)21)17(24)20(10-16(23)28-19(3,4)5)14(18(25)27-7)8-9-15(22)26-6/h12,14H,8-11H2,1-7H3/t12?,14-/m1/s1. The molecule has 0 aliphatic rings. The molecule has 0 aromatic carbocycles. The molecule has 0 fully saturated rings. The Hall–Kier alpha value is -2.10. The van der Waals surface area contributed by atoms with Crippen LogP contribution in [0.5, 0.6) is 0 Å². The predicted octanol–water partition coefficient (Wildman–Crippen LogP) is 1.57. The highest BCUT2D eigenvalue weighted by atomic mass is 32.2. The number of carbonyl (C=O) groups excluding carboxylic acids is 5. The summed E-state index contributed by atoms with van der Waals surface area (Å²) in [5.74, 6) is -3.03. The summed E-state index contributed by atoms with van der Waals surface area (Å²) in [6.07, 6.45) is -0.231. The fourth-order valence-electron chi connectivity index (χ4n) is 2.34. The van der Waals surface area contributed by atoms with Crippen LogP contribution >= 0.6 is 11.8 Å². The molecule has 0 aliphatic heterocycles. The first kappa shape index (κ1) is 26.9. The number of esters is 3. The number of hydrogen-bond acceptors (Lipinski definition) is 9. The van der Waals surface area contributed by atoms with E-state index in [-0.39, 0.29) is 23.7 Å². The van der Waals surface area contributed by atoms with Crippen molar-refractivity contribution in [3.05, 3.63) is 0 Å². The number of methoxy groups -OCH3 is 2. The Kier molecular flexibility index (Phi) is 11.6. The van der Waals surface area contributed by atoms with Crippen LogP contribution in [0.4, 0.5) is 0 Å². The van der Waals surface area contributed by atoms with Crippen molar-refractivity contribution in [3.8, 4) is 0 Å². The maximum atomic E-state index is 13.0. The van der Waals surface area contributed by atoms with Crippen LogP contribution in [-0.2, 0) is 38.2 Å². The molecular weight excluding hydrogens is 402 g/mol. The fraction of sp³-hybridized carbons (Fsp3) is 0.737. The van der Waals surface area contributed by atoms with Gasteiger partial charge >= 0.3 is 17.9 Å². The van der Waals surface area contributed by atoms with Gasteiger partial charge in [-0.15, -0.1) is 0 Å². The average Bonchev–Trinajstić information content (AvgIpc) is 2.62. The molecule has 0 spiro atoms. The molecule has 29 heavy (non-hydrogen) atoms. The second-order valence-corrected chi connectivity index (χ2v) is 8.61. The minimum atomic E-state index is -1.18. The first-order chi connectivity index (χ1) is 13.3. The van der Waals surface area contributed by atoms with E-state index < -0.39 is 47.9 Å². The molecule has 0 aromatic rings. The Morgan fingerprint density at radius 2 is 1.59 bits per heavy atom. The zero-order valence-electron chi connectivity index (χ0n) is 18.1. The first-order valence-corrected chi connectivity index (χ1v) is 10.1. The van der Waals surface area contributed by atoms with E-state index in [0.29, 0.717) is 0 Å². The minimum absolute atomic E-state index is 0.0829. The Morgan fingerprint density at radius 1 is 1.00 bits per heavy atom. The summed E-state index contributed by atoms with van der Waals surface area (Å²) in [5.41, 5.74) is -0.783. The molecule has 10 heteroatoms. The number of rotatable bonds is 10. The van der Waals surface area contributed by atoms with E-state index in [1.54, 1.807) is 27.7 Å². The lowest BCUT2D eigenvalue weighted by molar-refractivity contribution is -0.164. The third kappa shape index (κ3) is 10.9. The summed E-state index contributed by atoms with van der Waals surface area (Å²) in [6.45, 7) is 7.52. The van der Waals surface area contributed by atoms with E-state index in [0.717, 1.165) is 23.8 Å². The van der Waals surface area contributed by atoms with Gasteiger partial charge in [0.15, 0.2) is 5.12 Å². The molecule has 0 aromatic heterocycles. The molecule has 0 saturated heterocycles. The second kappa shape index (κ2) is 12.5. The Bertz CT molecular complexity index is 614. The third-order valence-corrected chi connectivity index (χ3v) is 4.73. The highest BCUT2D eigenvalue weighted by molar-refractivity contribution is 8.13. The molecular formula is C19H31NO8S. The van der Waals surface area contributed by atoms with Gasteiger partial charge in [0, 0.05) is 25.0 Å². The summed E-state index contributed by atoms with van der Waals surface area (Å²) in [5, 5.41) is -0.154. The van der Waals surface area contributed by atoms with Gasteiger partial charge < -0.3 is 19.1 Å². The zero-order chi connectivity index (χ0) is 22.8. The molecule has 1 amide bonds. The second-order valence-electron chi connectivity index (χ2n) is 7.41. The molecule has 0 N–H and O–H groups in total. The van der Waals surface area contributed by atoms with Crippen molar-refractivity contribution >= 4 is 40.7 Å². The molecule has 0 heterocycles. The quantitative estimate of drug-likeness (QED) is 0.374. The van der Waals surface area contributed by atoms with Crippen molar-refractivity contribution < 1.29 is 38.2 Å². The van der Waals surface area contributed by atoms with Crippen molar-refractivity contribution in [1.29, 1.82) is 0 Å². The Labute approximate surface area is 175 Å². The molecule has 0 bridgehead atoms. The van der Waals surface area contributed by atoms with Crippen LogP contribution in [0.15, 0.2) is 0 Å². The van der Waals surface area contributed by atoms with Crippen LogP contribution in [0, 0.1) is 5.92 Å². The van der Waals surface area contributed by atoms with E-state index in [1.165, 1.54) is 14.0 Å². The van der Waals surface area contributed by atoms with Crippen LogP contribution in [0.2, 0.25) is 0 Å². The normalized spacial score (nSPS) is 13.1. The lowest BCUT2D eigenvalue weighted by atomic mass is 10.1. The number of ether oxygens (including phenoxy) is 3. The van der Waals surface area contributed by atoms with Gasteiger partial charge in [0.05, 0.1) is 14.2 Å². The van der Waals surface area contributed by atoms with Gasteiger partial charge in [-0.2, -0.15) is 0 Å². The van der Waals surface area contributed by atoms with E-state index in [9.17, 15) is 24.0 Å². The van der Waals surface area contributed by atoms with Gasteiger partial charge in [-0.05, 0) is 27.2 Å². The highest BCUT2D eigenvalue weighted by Crippen LogP contribution is 2.18. The van der Waals surface area contributed by atoms with Crippen LogP contribution in [-0.4, -0.2) is 72.0 Å². The van der Waals surface area contributed by atoms with Gasteiger partial charge in [0.2, 0.25) is 5.91 Å². The monoisotopic (exact) mass is 433 g/mol. The van der Waals surface area contributed by atoms with E-state index >= 15 is 0 Å². The number of nitrogens with zero attached hydrogens (tertiary/aromatic N) is 1. The lowest BCUT2D eigenvalue weighted by Crippen LogP contribution is -2.51. The largest absolute Gasteiger partial charge is 0.469 e. The topological polar surface area (TPSA) is 116 Å². The van der Waals surface area contributed by atoms with Gasteiger partial charge in [-0.3, -0.25) is 19.2 Å². The Morgan fingerprint density at radius 3 is 2.03 bits per heavy atom. The van der Waals surface area contributed by atoms with Gasteiger partial charge in [-0.25, -0.2) is 4.79 Å². The third-order valence-electron chi connectivity index (χ3n) is 3.66. The number of thioether (sulfide) groups is 1. The Balaban J connectivity index is 5.69. The SMILES string of the molecule is COC(=O)CC[C@H](C(=O)OC)N(CC(=O)OC(C)(C)C)C(=O)C(C)CSC(C)=O. The van der Waals surface area contributed by atoms with Crippen LogP contribution in [0.1, 0.15) is 47.5 Å². The van der Waals surface area contributed by atoms with Crippen molar-refractivity contribution in [2.75, 3.05) is 26.5 Å². The molecule has 1 unspecified atom stereocenters. The summed E-state index contributed by atoms with van der Waals surface area (Å²) >= 11 is 0.969. The highest BCUT2D eigenvalue weighted by Gasteiger charge is 2.36. The van der Waals surface area contributed by atoms with Crippen LogP contribution < -0.4 is 0 Å². The molecule has 0 aliphatic carbocycles. The molecule has 9 nitrogen and oxygen atoms in total. The van der Waals surface area contributed by atoms with Crippen molar-refractivity contribution in [2.24, 2.45) is 5.92 Å².